The number of amides is 3. The van der Waals surface area contributed by atoms with E-state index in [1.165, 1.54) is 5.01 Å². The molecule has 2 rings (SSSR count). The van der Waals surface area contributed by atoms with Gasteiger partial charge in [-0.1, -0.05) is 44.2 Å². The summed E-state index contributed by atoms with van der Waals surface area (Å²) < 4.78 is 5.53. The number of fused-ring (bicyclic) bond motifs is 1. The van der Waals surface area contributed by atoms with Gasteiger partial charge in [-0.2, -0.15) is 5.01 Å². The van der Waals surface area contributed by atoms with Crippen LogP contribution in [-0.4, -0.2) is 52.6 Å². The zero-order chi connectivity index (χ0) is 18.9. The SMILES string of the molecule is CCCCOCCCCN(C(=O)SCC)N1C(=O)c2ccccc2C1=O. The Labute approximate surface area is 158 Å². The Morgan fingerprint density at radius 3 is 2.23 bits per heavy atom. The summed E-state index contributed by atoms with van der Waals surface area (Å²) in [5.41, 5.74) is 0.694. The van der Waals surface area contributed by atoms with Crippen molar-refractivity contribution in [1.29, 1.82) is 0 Å². The Morgan fingerprint density at radius 2 is 1.65 bits per heavy atom. The first-order chi connectivity index (χ1) is 12.6. The smallest absolute Gasteiger partial charge is 0.300 e. The number of carbonyl (C=O) groups excluding carboxylic acids is 3. The molecule has 7 heteroatoms. The van der Waals surface area contributed by atoms with Crippen molar-refractivity contribution in [1.82, 2.24) is 10.0 Å². The molecule has 1 aliphatic rings. The largest absolute Gasteiger partial charge is 0.381 e. The van der Waals surface area contributed by atoms with Gasteiger partial charge in [0.15, 0.2) is 0 Å². The van der Waals surface area contributed by atoms with E-state index in [4.69, 9.17) is 4.74 Å². The van der Waals surface area contributed by atoms with Gasteiger partial charge in [-0.15, -0.1) is 0 Å². The molecule has 6 nitrogen and oxygen atoms in total. The van der Waals surface area contributed by atoms with Crippen molar-refractivity contribution < 1.29 is 19.1 Å². The molecule has 0 saturated carbocycles. The minimum atomic E-state index is -0.435. The lowest BCUT2D eigenvalue weighted by Crippen LogP contribution is -2.48. The zero-order valence-electron chi connectivity index (χ0n) is 15.4. The Kier molecular flexibility index (Phi) is 8.12. The molecule has 0 bridgehead atoms. The molecule has 1 aromatic rings. The van der Waals surface area contributed by atoms with Crippen LogP contribution in [0, 0.1) is 0 Å². The van der Waals surface area contributed by atoms with E-state index >= 15 is 0 Å². The minimum absolute atomic E-state index is 0.283. The average molecular weight is 378 g/mol. The number of carbonyl (C=O) groups is 3. The summed E-state index contributed by atoms with van der Waals surface area (Å²) in [5, 5.41) is 1.99. The summed E-state index contributed by atoms with van der Waals surface area (Å²) in [6.45, 7) is 5.65. The molecule has 0 aromatic heterocycles. The van der Waals surface area contributed by atoms with Gasteiger partial charge in [-0.3, -0.25) is 14.4 Å². The van der Waals surface area contributed by atoms with Crippen LogP contribution < -0.4 is 0 Å². The first-order valence-electron chi connectivity index (χ1n) is 9.11. The second-order valence-corrected chi connectivity index (χ2v) is 7.18. The van der Waals surface area contributed by atoms with E-state index in [2.05, 4.69) is 6.92 Å². The number of benzene rings is 1. The predicted octanol–water partition coefficient (Wildman–Crippen LogP) is 3.97. The number of rotatable bonds is 10. The quantitative estimate of drug-likeness (QED) is 0.455. The van der Waals surface area contributed by atoms with Gasteiger partial charge in [0.05, 0.1) is 11.1 Å². The van der Waals surface area contributed by atoms with Crippen LogP contribution in [0.25, 0.3) is 0 Å². The first kappa shape index (κ1) is 20.5. The van der Waals surface area contributed by atoms with Crippen molar-refractivity contribution in [3.63, 3.8) is 0 Å². The van der Waals surface area contributed by atoms with E-state index in [0.717, 1.165) is 42.6 Å². The maximum absolute atomic E-state index is 12.6. The van der Waals surface area contributed by atoms with Gasteiger partial charge in [0.25, 0.3) is 11.8 Å². The van der Waals surface area contributed by atoms with Gasteiger partial charge in [0, 0.05) is 19.8 Å². The number of imide groups is 1. The number of nitrogens with zero attached hydrogens (tertiary/aromatic N) is 2. The highest BCUT2D eigenvalue weighted by Crippen LogP contribution is 2.26. The molecule has 26 heavy (non-hydrogen) atoms. The fraction of sp³-hybridized carbons (Fsp3) is 0.526. The predicted molar refractivity (Wildman–Crippen MR) is 102 cm³/mol. The fourth-order valence-corrected chi connectivity index (χ4v) is 3.25. The number of unbranched alkanes of at least 4 members (excludes halogenated alkanes) is 2. The first-order valence-corrected chi connectivity index (χ1v) is 10.1. The van der Waals surface area contributed by atoms with Gasteiger partial charge < -0.3 is 4.74 Å². The Bertz CT molecular complexity index is 615. The van der Waals surface area contributed by atoms with E-state index in [9.17, 15) is 14.4 Å². The highest BCUT2D eigenvalue weighted by Gasteiger charge is 2.40. The van der Waals surface area contributed by atoms with E-state index in [0.29, 0.717) is 36.5 Å². The van der Waals surface area contributed by atoms with Gasteiger partial charge in [-0.25, -0.2) is 5.01 Å². The second-order valence-electron chi connectivity index (χ2n) is 5.96. The molecule has 1 aromatic carbocycles. The average Bonchev–Trinajstić information content (AvgIpc) is 2.89. The number of thioether (sulfide) groups is 1. The van der Waals surface area contributed by atoms with Gasteiger partial charge in [0.1, 0.15) is 0 Å². The fourth-order valence-electron chi connectivity index (χ4n) is 2.68. The molecule has 3 amide bonds. The van der Waals surface area contributed by atoms with E-state index in [1.54, 1.807) is 24.3 Å². The second kappa shape index (κ2) is 10.3. The van der Waals surface area contributed by atoms with Crippen LogP contribution in [0.15, 0.2) is 24.3 Å². The van der Waals surface area contributed by atoms with Gasteiger partial charge >= 0.3 is 5.24 Å². The lowest BCUT2D eigenvalue weighted by Gasteiger charge is -2.29. The summed E-state index contributed by atoms with van der Waals surface area (Å²) in [7, 11) is 0. The molecule has 1 heterocycles. The minimum Gasteiger partial charge on any atom is -0.381 e. The lowest BCUT2D eigenvalue weighted by molar-refractivity contribution is 0.0217. The maximum atomic E-state index is 12.6. The zero-order valence-corrected chi connectivity index (χ0v) is 16.2. The molecule has 1 aliphatic heterocycles. The molecular formula is C19H26N2O4S. The molecule has 0 spiro atoms. The number of hydrazine groups is 1. The molecule has 0 radical (unpaired) electrons. The van der Waals surface area contributed by atoms with Crippen LogP contribution >= 0.6 is 11.8 Å². The van der Waals surface area contributed by atoms with Crippen LogP contribution in [0.5, 0.6) is 0 Å². The van der Waals surface area contributed by atoms with Crippen LogP contribution in [0.3, 0.4) is 0 Å². The monoisotopic (exact) mass is 378 g/mol. The van der Waals surface area contributed by atoms with Crippen molar-refractivity contribution in [2.45, 2.75) is 39.5 Å². The molecule has 0 fully saturated rings. The summed E-state index contributed by atoms with van der Waals surface area (Å²) in [5.74, 6) is -0.289. The number of ether oxygens (including phenoxy) is 1. The van der Waals surface area contributed by atoms with Crippen molar-refractivity contribution >= 4 is 28.8 Å². The summed E-state index contributed by atoms with van der Waals surface area (Å²) in [6, 6.07) is 6.67. The number of hydrogen-bond acceptors (Lipinski definition) is 5. The highest BCUT2D eigenvalue weighted by molar-refractivity contribution is 8.13. The molecule has 0 saturated heterocycles. The van der Waals surface area contributed by atoms with Crippen molar-refractivity contribution in [3.05, 3.63) is 35.4 Å². The van der Waals surface area contributed by atoms with Crippen LogP contribution in [0.1, 0.15) is 60.2 Å². The molecule has 142 valence electrons. The molecule has 0 N–H and O–H groups in total. The Hall–Kier alpha value is -1.86. The van der Waals surface area contributed by atoms with Gasteiger partial charge in [0.2, 0.25) is 0 Å². The van der Waals surface area contributed by atoms with Crippen LogP contribution in [0.4, 0.5) is 4.79 Å². The van der Waals surface area contributed by atoms with Crippen molar-refractivity contribution in [3.8, 4) is 0 Å². The summed E-state index contributed by atoms with van der Waals surface area (Å²) >= 11 is 1.09. The standard InChI is InChI=1S/C19H26N2O4S/c1-3-5-13-25-14-9-8-12-20(19(24)26-4-2)21-17(22)15-10-6-7-11-16(15)18(21)23/h6-7,10-11H,3-5,8-9,12-14H2,1-2H3. The van der Waals surface area contributed by atoms with Gasteiger partial charge in [-0.05, 0) is 37.1 Å². The maximum Gasteiger partial charge on any atom is 0.300 e. The van der Waals surface area contributed by atoms with E-state index in [1.807, 2.05) is 6.92 Å². The third-order valence-electron chi connectivity index (χ3n) is 4.04. The number of hydrogen-bond donors (Lipinski definition) is 0. The van der Waals surface area contributed by atoms with E-state index in [-0.39, 0.29) is 5.24 Å². The highest BCUT2D eigenvalue weighted by atomic mass is 32.2. The molecule has 0 atom stereocenters. The summed E-state index contributed by atoms with van der Waals surface area (Å²) in [6.07, 6.45) is 3.56. The van der Waals surface area contributed by atoms with Crippen LogP contribution in [0.2, 0.25) is 0 Å². The molecular weight excluding hydrogens is 352 g/mol. The lowest BCUT2D eigenvalue weighted by atomic mass is 10.1. The van der Waals surface area contributed by atoms with Crippen molar-refractivity contribution in [2.75, 3.05) is 25.5 Å². The van der Waals surface area contributed by atoms with E-state index < -0.39 is 11.8 Å². The molecule has 0 unspecified atom stereocenters. The summed E-state index contributed by atoms with van der Waals surface area (Å²) in [4.78, 5) is 37.8. The van der Waals surface area contributed by atoms with Crippen LogP contribution in [-0.2, 0) is 4.74 Å². The normalized spacial score (nSPS) is 13.2. The third-order valence-corrected chi connectivity index (χ3v) is 4.79. The molecule has 0 aliphatic carbocycles. The third kappa shape index (κ3) is 4.86. The Morgan fingerprint density at radius 1 is 1.04 bits per heavy atom. The van der Waals surface area contributed by atoms with Crippen molar-refractivity contribution in [2.24, 2.45) is 0 Å². The topological polar surface area (TPSA) is 66.9 Å². The Balaban J connectivity index is 2.00.